The van der Waals surface area contributed by atoms with Crippen molar-refractivity contribution in [3.05, 3.63) is 0 Å². The molecule has 1 rings (SSSR count). The second-order valence-electron chi connectivity index (χ2n) is 3.86. The van der Waals surface area contributed by atoms with Gasteiger partial charge in [-0.1, -0.05) is 0 Å². The number of hydrogen-bond acceptors (Lipinski definition) is 2. The van der Waals surface area contributed by atoms with Crippen LogP contribution in [0.15, 0.2) is 0 Å². The van der Waals surface area contributed by atoms with Crippen LogP contribution in [-0.2, 0) is 9.53 Å². The zero-order valence-electron chi connectivity index (χ0n) is 7.95. The Morgan fingerprint density at radius 2 is 1.83 bits per heavy atom. The fraction of sp³-hybridized carbons (Fsp3) is 0.900. The minimum absolute atomic E-state index is 0.303. The van der Waals surface area contributed by atoms with Gasteiger partial charge in [-0.3, -0.25) is 0 Å². The van der Waals surface area contributed by atoms with Crippen LogP contribution in [-0.4, -0.2) is 18.5 Å². The zero-order chi connectivity index (χ0) is 8.97. The number of hydrogen-bond donors (Lipinski definition) is 0. The smallest absolute Gasteiger partial charge is 0.123 e. The topological polar surface area (TPSA) is 26.3 Å². The number of carbonyl (C=O) groups excluding carboxylic acids is 1. The molecule has 0 aliphatic heterocycles. The molecule has 1 saturated carbocycles. The van der Waals surface area contributed by atoms with E-state index in [0.717, 1.165) is 32.0 Å². The lowest BCUT2D eigenvalue weighted by Crippen LogP contribution is -2.24. The highest BCUT2D eigenvalue weighted by molar-refractivity contribution is 5.53. The quantitative estimate of drug-likeness (QED) is 0.607. The second kappa shape index (κ2) is 4.61. The average molecular weight is 170 g/mol. The van der Waals surface area contributed by atoms with E-state index in [1.807, 2.05) is 0 Å². The molecule has 1 aliphatic carbocycles. The summed E-state index contributed by atoms with van der Waals surface area (Å²) in [4.78, 5) is 10.4. The molecule has 1 aliphatic rings. The Balaban J connectivity index is 2.21. The van der Waals surface area contributed by atoms with Crippen LogP contribution in [0.5, 0.6) is 0 Å². The van der Waals surface area contributed by atoms with Crippen LogP contribution < -0.4 is 0 Å². The molecule has 2 nitrogen and oxygen atoms in total. The van der Waals surface area contributed by atoms with Gasteiger partial charge in [0.15, 0.2) is 0 Å². The number of aldehydes is 1. The van der Waals surface area contributed by atoms with Crippen molar-refractivity contribution >= 4 is 6.29 Å². The first-order valence-corrected chi connectivity index (χ1v) is 4.83. The third kappa shape index (κ3) is 2.94. The molecule has 0 atom stereocenters. The van der Waals surface area contributed by atoms with Gasteiger partial charge in [-0.15, -0.1) is 0 Å². The summed E-state index contributed by atoms with van der Waals surface area (Å²) < 4.78 is 5.67. The van der Waals surface area contributed by atoms with E-state index in [0.29, 0.717) is 18.1 Å². The Hall–Kier alpha value is -0.370. The van der Waals surface area contributed by atoms with E-state index in [4.69, 9.17) is 4.74 Å². The third-order valence-corrected chi connectivity index (χ3v) is 2.38. The van der Waals surface area contributed by atoms with Crippen LogP contribution in [0.1, 0.15) is 39.5 Å². The van der Waals surface area contributed by atoms with Crippen molar-refractivity contribution in [2.24, 2.45) is 5.92 Å². The molecule has 0 spiro atoms. The Labute approximate surface area is 74.3 Å². The van der Waals surface area contributed by atoms with Crippen LogP contribution in [0.2, 0.25) is 0 Å². The van der Waals surface area contributed by atoms with Gasteiger partial charge < -0.3 is 9.53 Å². The molecular weight excluding hydrogens is 152 g/mol. The zero-order valence-corrected chi connectivity index (χ0v) is 7.95. The van der Waals surface area contributed by atoms with Gasteiger partial charge in [0.05, 0.1) is 12.2 Å². The first-order chi connectivity index (χ1) is 5.72. The summed E-state index contributed by atoms with van der Waals surface area (Å²) in [6, 6.07) is 0. The molecule has 0 aromatic rings. The molecule has 0 bridgehead atoms. The fourth-order valence-corrected chi connectivity index (χ4v) is 1.75. The largest absolute Gasteiger partial charge is 0.376 e. The lowest BCUT2D eigenvalue weighted by Gasteiger charge is -2.27. The minimum atomic E-state index is 0.303. The number of carbonyl (C=O) groups is 1. The number of rotatable bonds is 3. The normalized spacial score (nSPS) is 30.6. The van der Waals surface area contributed by atoms with Crippen molar-refractivity contribution in [3.8, 4) is 0 Å². The van der Waals surface area contributed by atoms with Gasteiger partial charge in [0, 0.05) is 5.92 Å². The average Bonchev–Trinajstić information content (AvgIpc) is 2.05. The maximum Gasteiger partial charge on any atom is 0.123 e. The highest BCUT2D eigenvalue weighted by atomic mass is 16.5. The second-order valence-corrected chi connectivity index (χ2v) is 3.86. The molecule has 12 heavy (non-hydrogen) atoms. The van der Waals surface area contributed by atoms with E-state index < -0.39 is 0 Å². The van der Waals surface area contributed by atoms with Gasteiger partial charge in [-0.25, -0.2) is 0 Å². The molecule has 1 fully saturated rings. The molecule has 70 valence electrons. The lowest BCUT2D eigenvalue weighted by atomic mass is 9.88. The summed E-state index contributed by atoms with van der Waals surface area (Å²) in [7, 11) is 0. The molecule has 0 amide bonds. The molecular formula is C10H18O2. The summed E-state index contributed by atoms with van der Waals surface area (Å²) in [5.41, 5.74) is 0. The van der Waals surface area contributed by atoms with Gasteiger partial charge in [0.1, 0.15) is 6.29 Å². The van der Waals surface area contributed by atoms with E-state index in [1.54, 1.807) is 0 Å². The van der Waals surface area contributed by atoms with Crippen LogP contribution in [0.4, 0.5) is 0 Å². The monoisotopic (exact) mass is 170 g/mol. The van der Waals surface area contributed by atoms with Crippen molar-refractivity contribution in [1.82, 2.24) is 0 Å². The first kappa shape index (κ1) is 9.72. The highest BCUT2D eigenvalue weighted by Crippen LogP contribution is 2.25. The van der Waals surface area contributed by atoms with Crippen molar-refractivity contribution < 1.29 is 9.53 Å². The van der Waals surface area contributed by atoms with Crippen molar-refractivity contribution in [3.63, 3.8) is 0 Å². The maximum absolute atomic E-state index is 10.4. The molecule has 2 heteroatoms. The van der Waals surface area contributed by atoms with Crippen molar-refractivity contribution in [2.45, 2.75) is 51.7 Å². The SMILES string of the molecule is CC(C)OC1CCC(C=O)CC1. The molecule has 0 aromatic carbocycles. The Morgan fingerprint density at radius 1 is 1.25 bits per heavy atom. The molecule has 0 N–H and O–H groups in total. The van der Waals surface area contributed by atoms with Crippen molar-refractivity contribution in [1.29, 1.82) is 0 Å². The lowest BCUT2D eigenvalue weighted by molar-refractivity contribution is -0.113. The summed E-state index contributed by atoms with van der Waals surface area (Å²) in [5.74, 6) is 0.303. The highest BCUT2D eigenvalue weighted by Gasteiger charge is 2.21. The first-order valence-electron chi connectivity index (χ1n) is 4.83. The van der Waals surface area contributed by atoms with Crippen LogP contribution in [0.3, 0.4) is 0 Å². The minimum Gasteiger partial charge on any atom is -0.376 e. The predicted molar refractivity (Wildman–Crippen MR) is 48.0 cm³/mol. The fourth-order valence-electron chi connectivity index (χ4n) is 1.75. The van der Waals surface area contributed by atoms with Gasteiger partial charge in [0.2, 0.25) is 0 Å². The van der Waals surface area contributed by atoms with E-state index in [-0.39, 0.29) is 0 Å². The predicted octanol–water partition coefficient (Wildman–Crippen LogP) is 2.17. The summed E-state index contributed by atoms with van der Waals surface area (Å²) >= 11 is 0. The maximum atomic E-state index is 10.4. The molecule has 0 radical (unpaired) electrons. The van der Waals surface area contributed by atoms with Crippen molar-refractivity contribution in [2.75, 3.05) is 0 Å². The standard InChI is InChI=1S/C10H18O2/c1-8(2)12-10-5-3-9(7-11)4-6-10/h7-10H,3-6H2,1-2H3. The van der Waals surface area contributed by atoms with Gasteiger partial charge in [0.25, 0.3) is 0 Å². The molecule has 0 aromatic heterocycles. The summed E-state index contributed by atoms with van der Waals surface area (Å²) in [6.45, 7) is 4.12. The van der Waals surface area contributed by atoms with Crippen LogP contribution >= 0.6 is 0 Å². The molecule has 0 saturated heterocycles. The van der Waals surface area contributed by atoms with E-state index >= 15 is 0 Å². The summed E-state index contributed by atoms with van der Waals surface area (Å²) in [6.07, 6.45) is 5.96. The summed E-state index contributed by atoms with van der Waals surface area (Å²) in [5, 5.41) is 0. The Bertz CT molecular complexity index is 135. The Morgan fingerprint density at radius 3 is 2.25 bits per heavy atom. The van der Waals surface area contributed by atoms with Crippen LogP contribution in [0, 0.1) is 5.92 Å². The van der Waals surface area contributed by atoms with E-state index in [9.17, 15) is 4.79 Å². The molecule has 0 unspecified atom stereocenters. The third-order valence-electron chi connectivity index (χ3n) is 2.38. The number of ether oxygens (including phenoxy) is 1. The molecule has 0 heterocycles. The van der Waals surface area contributed by atoms with Gasteiger partial charge in [-0.2, -0.15) is 0 Å². The van der Waals surface area contributed by atoms with Gasteiger partial charge >= 0.3 is 0 Å². The van der Waals surface area contributed by atoms with Gasteiger partial charge in [-0.05, 0) is 39.5 Å². The van der Waals surface area contributed by atoms with E-state index in [1.165, 1.54) is 0 Å². The van der Waals surface area contributed by atoms with E-state index in [2.05, 4.69) is 13.8 Å². The Kier molecular flexibility index (Phi) is 3.73. The van der Waals surface area contributed by atoms with Crippen LogP contribution in [0.25, 0.3) is 0 Å².